The molecule has 0 saturated carbocycles. The van der Waals surface area contributed by atoms with Gasteiger partial charge in [0.2, 0.25) is 5.95 Å². The third-order valence-electron chi connectivity index (χ3n) is 4.60. The molecule has 1 aromatic carbocycles. The molecule has 1 aliphatic rings. The summed E-state index contributed by atoms with van der Waals surface area (Å²) in [7, 11) is 0. The lowest BCUT2D eigenvalue weighted by Gasteiger charge is -2.36. The van der Waals surface area contributed by atoms with Crippen molar-refractivity contribution in [3.63, 3.8) is 0 Å². The van der Waals surface area contributed by atoms with E-state index < -0.39 is 0 Å². The van der Waals surface area contributed by atoms with E-state index in [0.29, 0.717) is 6.61 Å². The van der Waals surface area contributed by atoms with Crippen molar-refractivity contribution in [3.8, 4) is 5.75 Å². The highest BCUT2D eigenvalue weighted by molar-refractivity contribution is 5.80. The molecule has 0 radical (unpaired) electrons. The summed E-state index contributed by atoms with van der Waals surface area (Å²) in [6, 6.07) is 10.0. The highest BCUT2D eigenvalue weighted by Crippen LogP contribution is 2.12. The van der Waals surface area contributed by atoms with Crippen LogP contribution in [0.25, 0.3) is 0 Å². The Bertz CT molecular complexity index is 726. The van der Waals surface area contributed by atoms with Crippen molar-refractivity contribution in [2.45, 2.75) is 20.3 Å². The van der Waals surface area contributed by atoms with Gasteiger partial charge in [0.25, 0.3) is 0 Å². The van der Waals surface area contributed by atoms with Gasteiger partial charge in [-0.25, -0.2) is 9.97 Å². The molecule has 1 fully saturated rings. The fourth-order valence-electron chi connectivity index (χ4n) is 3.07. The van der Waals surface area contributed by atoms with Crippen LogP contribution in [0.3, 0.4) is 0 Å². The maximum Gasteiger partial charge on any atom is 0.225 e. The number of rotatable bonds is 7. The SMILES string of the molecule is CCNC(=NCCCOc1ccc(C)cc1)N1CCN(c2ncccn2)CC1. The molecule has 3 rings (SSSR count). The van der Waals surface area contributed by atoms with E-state index >= 15 is 0 Å². The van der Waals surface area contributed by atoms with E-state index in [1.165, 1.54) is 5.56 Å². The topological polar surface area (TPSA) is 65.9 Å². The van der Waals surface area contributed by atoms with E-state index in [2.05, 4.69) is 51.1 Å². The van der Waals surface area contributed by atoms with Gasteiger partial charge in [-0.3, -0.25) is 4.99 Å². The van der Waals surface area contributed by atoms with E-state index in [9.17, 15) is 0 Å². The quantitative estimate of drug-likeness (QED) is 0.450. The van der Waals surface area contributed by atoms with Gasteiger partial charge in [0, 0.05) is 58.1 Å². The first kappa shape index (κ1) is 19.9. The Kier molecular flexibility index (Phi) is 7.46. The Morgan fingerprint density at radius 3 is 2.50 bits per heavy atom. The van der Waals surface area contributed by atoms with Gasteiger partial charge >= 0.3 is 0 Å². The Hall–Kier alpha value is -2.83. The molecule has 0 bridgehead atoms. The number of guanidine groups is 1. The number of benzene rings is 1. The van der Waals surface area contributed by atoms with Crippen LogP contribution in [0.2, 0.25) is 0 Å². The first-order chi connectivity index (χ1) is 13.8. The molecular formula is C21H30N6O. The number of ether oxygens (including phenoxy) is 1. The molecule has 150 valence electrons. The van der Waals surface area contributed by atoms with E-state index in [1.54, 1.807) is 12.4 Å². The van der Waals surface area contributed by atoms with Gasteiger partial charge in [-0.05, 0) is 32.0 Å². The molecule has 1 saturated heterocycles. The van der Waals surface area contributed by atoms with Crippen molar-refractivity contribution in [1.82, 2.24) is 20.2 Å². The van der Waals surface area contributed by atoms with Crippen molar-refractivity contribution < 1.29 is 4.74 Å². The van der Waals surface area contributed by atoms with Gasteiger partial charge in [0.15, 0.2) is 5.96 Å². The number of aryl methyl sites for hydroxylation is 1. The van der Waals surface area contributed by atoms with Crippen LogP contribution in [0.4, 0.5) is 5.95 Å². The van der Waals surface area contributed by atoms with Crippen LogP contribution in [0.15, 0.2) is 47.7 Å². The smallest absolute Gasteiger partial charge is 0.225 e. The van der Waals surface area contributed by atoms with E-state index in [-0.39, 0.29) is 0 Å². The molecule has 7 heteroatoms. The molecule has 0 spiro atoms. The molecule has 7 nitrogen and oxygen atoms in total. The molecule has 2 aromatic rings. The number of piperazine rings is 1. The second kappa shape index (κ2) is 10.5. The minimum Gasteiger partial charge on any atom is -0.494 e. The Balaban J connectivity index is 1.44. The summed E-state index contributed by atoms with van der Waals surface area (Å²) in [5, 5.41) is 3.41. The number of anilines is 1. The maximum absolute atomic E-state index is 5.79. The maximum atomic E-state index is 5.79. The first-order valence-corrected chi connectivity index (χ1v) is 10.0. The molecule has 1 N–H and O–H groups in total. The van der Waals surface area contributed by atoms with Crippen LogP contribution >= 0.6 is 0 Å². The van der Waals surface area contributed by atoms with Crippen molar-refractivity contribution in [3.05, 3.63) is 48.3 Å². The lowest BCUT2D eigenvalue weighted by Crippen LogP contribution is -2.53. The number of hydrogen-bond donors (Lipinski definition) is 1. The number of aliphatic imine (C=N–C) groups is 1. The first-order valence-electron chi connectivity index (χ1n) is 10.0. The number of nitrogens with zero attached hydrogens (tertiary/aromatic N) is 5. The van der Waals surface area contributed by atoms with Gasteiger partial charge in [0.1, 0.15) is 5.75 Å². The highest BCUT2D eigenvalue weighted by Gasteiger charge is 2.20. The van der Waals surface area contributed by atoms with Gasteiger partial charge in [-0.15, -0.1) is 0 Å². The fraction of sp³-hybridized carbons (Fsp3) is 0.476. The van der Waals surface area contributed by atoms with Crippen LogP contribution < -0.4 is 15.0 Å². The second-order valence-electron chi connectivity index (χ2n) is 6.77. The Morgan fingerprint density at radius 1 is 1.11 bits per heavy atom. The lowest BCUT2D eigenvalue weighted by atomic mass is 10.2. The molecule has 0 atom stereocenters. The second-order valence-corrected chi connectivity index (χ2v) is 6.77. The molecule has 0 aliphatic carbocycles. The zero-order valence-electron chi connectivity index (χ0n) is 16.8. The van der Waals surface area contributed by atoms with Gasteiger partial charge < -0.3 is 19.9 Å². The van der Waals surface area contributed by atoms with Crippen LogP contribution in [-0.4, -0.2) is 66.7 Å². The number of nitrogens with one attached hydrogen (secondary N) is 1. The van der Waals surface area contributed by atoms with Crippen molar-refractivity contribution in [1.29, 1.82) is 0 Å². The fourth-order valence-corrected chi connectivity index (χ4v) is 3.07. The summed E-state index contributed by atoms with van der Waals surface area (Å²) in [6.45, 7) is 10.1. The molecule has 0 amide bonds. The molecule has 28 heavy (non-hydrogen) atoms. The average Bonchev–Trinajstić information content (AvgIpc) is 2.75. The lowest BCUT2D eigenvalue weighted by molar-refractivity contribution is 0.312. The van der Waals surface area contributed by atoms with E-state index in [0.717, 1.165) is 63.3 Å². The number of hydrogen-bond acceptors (Lipinski definition) is 5. The molecule has 1 aromatic heterocycles. The van der Waals surface area contributed by atoms with Gasteiger partial charge in [-0.2, -0.15) is 0 Å². The number of aromatic nitrogens is 2. The van der Waals surface area contributed by atoms with E-state index in [4.69, 9.17) is 9.73 Å². The van der Waals surface area contributed by atoms with Crippen LogP contribution in [-0.2, 0) is 0 Å². The highest BCUT2D eigenvalue weighted by atomic mass is 16.5. The molecule has 0 unspecified atom stereocenters. The standard InChI is InChI=1S/C21H30N6O/c1-3-22-20(25-12-5-17-28-19-8-6-18(2)7-9-19)26-13-15-27(16-14-26)21-23-10-4-11-24-21/h4,6-11H,3,5,12-17H2,1-2H3,(H,22,25). The zero-order valence-corrected chi connectivity index (χ0v) is 16.8. The predicted molar refractivity (Wildman–Crippen MR) is 113 cm³/mol. The Labute approximate surface area is 167 Å². The summed E-state index contributed by atoms with van der Waals surface area (Å²) in [4.78, 5) is 18.0. The molecule has 1 aliphatic heterocycles. The Morgan fingerprint density at radius 2 is 1.82 bits per heavy atom. The normalized spacial score (nSPS) is 14.9. The average molecular weight is 383 g/mol. The molecule has 2 heterocycles. The molecular weight excluding hydrogens is 352 g/mol. The van der Waals surface area contributed by atoms with Crippen LogP contribution in [0, 0.1) is 6.92 Å². The minimum atomic E-state index is 0.672. The van der Waals surface area contributed by atoms with Crippen molar-refractivity contribution in [2.75, 3.05) is 50.8 Å². The van der Waals surface area contributed by atoms with Crippen LogP contribution in [0.5, 0.6) is 5.75 Å². The summed E-state index contributed by atoms with van der Waals surface area (Å²) in [5.74, 6) is 2.70. The summed E-state index contributed by atoms with van der Waals surface area (Å²) in [6.07, 6.45) is 4.47. The minimum absolute atomic E-state index is 0.672. The summed E-state index contributed by atoms with van der Waals surface area (Å²) in [5.41, 5.74) is 1.24. The van der Waals surface area contributed by atoms with Gasteiger partial charge in [0.05, 0.1) is 6.61 Å². The predicted octanol–water partition coefficient (Wildman–Crippen LogP) is 2.34. The van der Waals surface area contributed by atoms with Gasteiger partial charge in [-0.1, -0.05) is 17.7 Å². The zero-order chi connectivity index (χ0) is 19.6. The third-order valence-corrected chi connectivity index (χ3v) is 4.60. The van der Waals surface area contributed by atoms with Crippen LogP contribution in [0.1, 0.15) is 18.9 Å². The summed E-state index contributed by atoms with van der Waals surface area (Å²) >= 11 is 0. The monoisotopic (exact) mass is 382 g/mol. The largest absolute Gasteiger partial charge is 0.494 e. The van der Waals surface area contributed by atoms with Crippen molar-refractivity contribution in [2.24, 2.45) is 4.99 Å². The third kappa shape index (κ3) is 5.84. The summed E-state index contributed by atoms with van der Waals surface area (Å²) < 4.78 is 5.79. The van der Waals surface area contributed by atoms with Crippen molar-refractivity contribution >= 4 is 11.9 Å². The van der Waals surface area contributed by atoms with E-state index in [1.807, 2.05) is 18.2 Å².